The smallest absolute Gasteiger partial charge is 0.306 e. The molecular formula is C19H26N2O4. The Labute approximate surface area is 148 Å². The zero-order valence-corrected chi connectivity index (χ0v) is 14.7. The molecule has 1 aliphatic rings. The Balaban J connectivity index is 1.92. The summed E-state index contributed by atoms with van der Waals surface area (Å²) in [5.41, 5.74) is 2.01. The first-order valence-electron chi connectivity index (χ1n) is 8.71. The Morgan fingerprint density at radius 2 is 1.72 bits per heavy atom. The number of carbonyl (C=O) groups is 3. The fourth-order valence-electron chi connectivity index (χ4n) is 3.25. The van der Waals surface area contributed by atoms with Gasteiger partial charge in [-0.25, -0.2) is 0 Å². The van der Waals surface area contributed by atoms with Crippen LogP contribution in [0.25, 0.3) is 0 Å². The van der Waals surface area contributed by atoms with Crippen molar-refractivity contribution >= 4 is 17.8 Å². The molecule has 2 rings (SSSR count). The minimum Gasteiger partial charge on any atom is -0.481 e. The maximum Gasteiger partial charge on any atom is 0.306 e. The van der Waals surface area contributed by atoms with Gasteiger partial charge in [0.15, 0.2) is 0 Å². The summed E-state index contributed by atoms with van der Waals surface area (Å²) in [6.45, 7) is 3.42. The summed E-state index contributed by atoms with van der Waals surface area (Å²) < 4.78 is 0. The van der Waals surface area contributed by atoms with Crippen LogP contribution in [-0.2, 0) is 14.4 Å². The van der Waals surface area contributed by atoms with Crippen LogP contribution in [-0.4, -0.2) is 28.9 Å². The van der Waals surface area contributed by atoms with E-state index in [4.69, 9.17) is 5.11 Å². The van der Waals surface area contributed by atoms with E-state index in [0.717, 1.165) is 11.1 Å². The fraction of sp³-hybridized carbons (Fsp3) is 0.526. The molecule has 1 fully saturated rings. The zero-order chi connectivity index (χ0) is 18.4. The molecule has 0 bridgehead atoms. The first-order valence-corrected chi connectivity index (χ1v) is 8.71. The van der Waals surface area contributed by atoms with Gasteiger partial charge in [-0.15, -0.1) is 0 Å². The van der Waals surface area contributed by atoms with Crippen LogP contribution in [0.2, 0.25) is 0 Å². The monoisotopic (exact) mass is 346 g/mol. The Kier molecular flexibility index (Phi) is 6.56. The molecule has 0 aromatic heterocycles. The zero-order valence-electron chi connectivity index (χ0n) is 14.7. The van der Waals surface area contributed by atoms with Crippen LogP contribution in [0.3, 0.4) is 0 Å². The highest BCUT2D eigenvalue weighted by Crippen LogP contribution is 2.25. The third kappa shape index (κ3) is 5.89. The molecule has 1 aliphatic carbocycles. The third-order valence-corrected chi connectivity index (χ3v) is 4.69. The number of aryl methyl sites for hydroxylation is 1. The van der Waals surface area contributed by atoms with Crippen molar-refractivity contribution in [2.75, 3.05) is 0 Å². The first-order chi connectivity index (χ1) is 11.8. The molecular weight excluding hydrogens is 320 g/mol. The van der Waals surface area contributed by atoms with Gasteiger partial charge in [-0.3, -0.25) is 14.4 Å². The highest BCUT2D eigenvalue weighted by Gasteiger charge is 2.27. The summed E-state index contributed by atoms with van der Waals surface area (Å²) in [4.78, 5) is 34.8. The number of rotatable bonds is 6. The standard InChI is InChI=1S/C19H26N2O4/c1-12-3-5-14(6-4-12)17(20-13(2)22)11-18(23)21-16-9-7-15(8-10-16)19(24)25/h3-6,15-17H,7-11H2,1-2H3,(H,20,22)(H,21,23)(H,24,25). The lowest BCUT2D eigenvalue weighted by atomic mass is 9.86. The minimum atomic E-state index is -0.755. The molecule has 1 atom stereocenters. The number of carbonyl (C=O) groups excluding carboxylic acids is 2. The topological polar surface area (TPSA) is 95.5 Å². The van der Waals surface area contributed by atoms with Crippen LogP contribution in [0.4, 0.5) is 0 Å². The van der Waals surface area contributed by atoms with E-state index in [9.17, 15) is 14.4 Å². The van der Waals surface area contributed by atoms with Gasteiger partial charge in [-0.2, -0.15) is 0 Å². The molecule has 136 valence electrons. The van der Waals surface area contributed by atoms with E-state index >= 15 is 0 Å². The molecule has 0 saturated heterocycles. The number of carboxylic acids is 1. The molecule has 3 N–H and O–H groups in total. The quantitative estimate of drug-likeness (QED) is 0.736. The fourth-order valence-corrected chi connectivity index (χ4v) is 3.25. The van der Waals surface area contributed by atoms with Crippen LogP contribution in [0.5, 0.6) is 0 Å². The molecule has 0 radical (unpaired) electrons. The average molecular weight is 346 g/mol. The van der Waals surface area contributed by atoms with Crippen LogP contribution in [0.1, 0.15) is 56.2 Å². The van der Waals surface area contributed by atoms with Gasteiger partial charge < -0.3 is 15.7 Å². The second kappa shape index (κ2) is 8.65. The molecule has 1 aromatic carbocycles. The molecule has 0 aliphatic heterocycles. The molecule has 6 heteroatoms. The number of aliphatic carboxylic acids is 1. The van der Waals surface area contributed by atoms with E-state index in [2.05, 4.69) is 10.6 Å². The normalized spacial score (nSPS) is 21.2. The van der Waals surface area contributed by atoms with Gasteiger partial charge in [-0.05, 0) is 38.2 Å². The summed E-state index contributed by atoms with van der Waals surface area (Å²) in [7, 11) is 0. The molecule has 25 heavy (non-hydrogen) atoms. The molecule has 6 nitrogen and oxygen atoms in total. The van der Waals surface area contributed by atoms with Crippen molar-refractivity contribution in [1.82, 2.24) is 10.6 Å². The molecule has 1 saturated carbocycles. The van der Waals surface area contributed by atoms with Crippen molar-refractivity contribution in [3.05, 3.63) is 35.4 Å². The molecule has 0 spiro atoms. The van der Waals surface area contributed by atoms with Gasteiger partial charge in [0, 0.05) is 13.0 Å². The minimum absolute atomic E-state index is 0.0131. The number of amides is 2. The van der Waals surface area contributed by atoms with Crippen LogP contribution in [0.15, 0.2) is 24.3 Å². The van der Waals surface area contributed by atoms with Gasteiger partial charge in [0.05, 0.1) is 18.4 Å². The number of hydrogen-bond acceptors (Lipinski definition) is 3. The highest BCUT2D eigenvalue weighted by atomic mass is 16.4. The van der Waals surface area contributed by atoms with E-state index < -0.39 is 5.97 Å². The largest absolute Gasteiger partial charge is 0.481 e. The predicted molar refractivity (Wildman–Crippen MR) is 93.9 cm³/mol. The summed E-state index contributed by atoms with van der Waals surface area (Å²) >= 11 is 0. The lowest BCUT2D eigenvalue weighted by Gasteiger charge is -2.27. The molecule has 2 amide bonds. The maximum atomic E-state index is 12.4. The lowest BCUT2D eigenvalue weighted by molar-refractivity contribution is -0.142. The Hall–Kier alpha value is -2.37. The number of carboxylic acid groups (broad SMARTS) is 1. The number of nitrogens with one attached hydrogen (secondary N) is 2. The van der Waals surface area contributed by atoms with Crippen molar-refractivity contribution in [2.24, 2.45) is 5.92 Å². The van der Waals surface area contributed by atoms with Crippen LogP contribution < -0.4 is 10.6 Å². The van der Waals surface area contributed by atoms with Crippen molar-refractivity contribution in [2.45, 2.75) is 58.0 Å². The van der Waals surface area contributed by atoms with Gasteiger partial charge in [0.2, 0.25) is 11.8 Å². The Bertz CT molecular complexity index is 619. The van der Waals surface area contributed by atoms with Gasteiger partial charge in [0.1, 0.15) is 0 Å². The van der Waals surface area contributed by atoms with Gasteiger partial charge in [-0.1, -0.05) is 29.8 Å². The SMILES string of the molecule is CC(=O)NC(CC(=O)NC1CCC(C(=O)O)CC1)c1ccc(C)cc1. The van der Waals surface area contributed by atoms with Crippen LogP contribution >= 0.6 is 0 Å². The Morgan fingerprint density at radius 3 is 2.24 bits per heavy atom. The summed E-state index contributed by atoms with van der Waals surface area (Å²) in [6.07, 6.45) is 2.71. The van der Waals surface area contributed by atoms with Crippen molar-refractivity contribution in [1.29, 1.82) is 0 Å². The van der Waals surface area contributed by atoms with Crippen LogP contribution in [0, 0.1) is 12.8 Å². The van der Waals surface area contributed by atoms with Gasteiger partial charge in [0.25, 0.3) is 0 Å². The van der Waals surface area contributed by atoms with E-state index in [1.807, 2.05) is 31.2 Å². The first kappa shape index (κ1) is 19.0. The maximum absolute atomic E-state index is 12.4. The van der Waals surface area contributed by atoms with Crippen molar-refractivity contribution in [3.63, 3.8) is 0 Å². The predicted octanol–water partition coefficient (Wildman–Crippen LogP) is 2.32. The number of hydrogen-bond donors (Lipinski definition) is 3. The van der Waals surface area contributed by atoms with Crippen molar-refractivity contribution in [3.8, 4) is 0 Å². The highest BCUT2D eigenvalue weighted by molar-refractivity contribution is 5.79. The van der Waals surface area contributed by atoms with E-state index in [-0.39, 0.29) is 36.2 Å². The van der Waals surface area contributed by atoms with E-state index in [1.54, 1.807) is 0 Å². The average Bonchev–Trinajstić information content (AvgIpc) is 2.55. The van der Waals surface area contributed by atoms with E-state index in [0.29, 0.717) is 25.7 Å². The van der Waals surface area contributed by atoms with Crippen molar-refractivity contribution < 1.29 is 19.5 Å². The molecule has 1 aromatic rings. The third-order valence-electron chi connectivity index (χ3n) is 4.69. The van der Waals surface area contributed by atoms with Gasteiger partial charge >= 0.3 is 5.97 Å². The second-order valence-electron chi connectivity index (χ2n) is 6.82. The molecule has 0 heterocycles. The summed E-state index contributed by atoms with van der Waals surface area (Å²) in [6, 6.07) is 7.39. The summed E-state index contributed by atoms with van der Waals surface area (Å²) in [5.74, 6) is -1.36. The second-order valence-corrected chi connectivity index (χ2v) is 6.82. The lowest BCUT2D eigenvalue weighted by Crippen LogP contribution is -2.40. The van der Waals surface area contributed by atoms with E-state index in [1.165, 1.54) is 6.92 Å². The molecule has 1 unspecified atom stereocenters. The Morgan fingerprint density at radius 1 is 1.12 bits per heavy atom. The summed E-state index contributed by atoms with van der Waals surface area (Å²) in [5, 5.41) is 14.8. The number of benzene rings is 1.